The van der Waals surface area contributed by atoms with E-state index in [1.807, 2.05) is 6.92 Å². The van der Waals surface area contributed by atoms with Crippen molar-refractivity contribution in [3.05, 3.63) is 11.6 Å². The molecular weight excluding hydrogens is 270 g/mol. The zero-order chi connectivity index (χ0) is 15.5. The van der Waals surface area contributed by atoms with Gasteiger partial charge in [-0.3, -0.25) is 0 Å². The first-order valence-corrected chi connectivity index (χ1v) is 8.02. The van der Waals surface area contributed by atoms with E-state index in [2.05, 4.69) is 11.9 Å². The van der Waals surface area contributed by atoms with Crippen LogP contribution in [-0.4, -0.2) is 24.2 Å². The Balaban J connectivity index is 2.50. The number of rotatable bonds is 11. The van der Waals surface area contributed by atoms with E-state index in [0.29, 0.717) is 19.1 Å². The number of unbranched alkanes of at least 4 members (excludes halogenated alkanes) is 5. The normalized spacial score (nSPS) is 10.6. The Morgan fingerprint density at radius 2 is 1.76 bits per heavy atom. The molecule has 1 aromatic rings. The van der Waals surface area contributed by atoms with Gasteiger partial charge in [0, 0.05) is 6.42 Å². The predicted molar refractivity (Wildman–Crippen MR) is 80.7 cm³/mol. The molecule has 0 N–H and O–H groups in total. The van der Waals surface area contributed by atoms with E-state index in [1.165, 1.54) is 25.7 Å². The largest absolute Gasteiger partial charge is 0.464 e. The quantitative estimate of drug-likeness (QED) is 0.453. The van der Waals surface area contributed by atoms with E-state index in [1.54, 1.807) is 6.92 Å². The first kappa shape index (κ1) is 17.5. The number of carbonyl (C=O) groups excluding carboxylic acids is 1. The van der Waals surface area contributed by atoms with Gasteiger partial charge in [-0.25, -0.2) is 9.78 Å². The summed E-state index contributed by atoms with van der Waals surface area (Å²) in [5.41, 5.74) is 0.152. The third kappa shape index (κ3) is 6.19. The van der Waals surface area contributed by atoms with Gasteiger partial charge in [0.2, 0.25) is 5.69 Å². The molecule has 0 bridgehead atoms. The molecule has 0 aliphatic carbocycles. The molecular formula is C16H27NO4. The Morgan fingerprint density at radius 3 is 2.43 bits per heavy atom. The van der Waals surface area contributed by atoms with Crippen molar-refractivity contribution in [1.29, 1.82) is 0 Å². The van der Waals surface area contributed by atoms with Crippen molar-refractivity contribution in [3.63, 3.8) is 0 Å². The lowest BCUT2D eigenvalue weighted by Gasteiger charge is -2.00. The fourth-order valence-electron chi connectivity index (χ4n) is 2.07. The Hall–Kier alpha value is -1.52. The molecule has 0 unspecified atom stereocenters. The van der Waals surface area contributed by atoms with Crippen molar-refractivity contribution in [1.82, 2.24) is 4.98 Å². The fraction of sp³-hybridized carbons (Fsp3) is 0.750. The molecule has 21 heavy (non-hydrogen) atoms. The average molecular weight is 297 g/mol. The molecule has 1 aromatic heterocycles. The van der Waals surface area contributed by atoms with Gasteiger partial charge in [-0.15, -0.1) is 0 Å². The predicted octanol–water partition coefficient (Wildman–Crippen LogP) is 4.15. The van der Waals surface area contributed by atoms with Gasteiger partial charge in [0.1, 0.15) is 0 Å². The molecule has 120 valence electrons. The van der Waals surface area contributed by atoms with Crippen LogP contribution in [0.25, 0.3) is 0 Å². The summed E-state index contributed by atoms with van der Waals surface area (Å²) < 4.78 is 15.8. The molecule has 0 aromatic carbocycles. The molecule has 0 saturated carbocycles. The van der Waals surface area contributed by atoms with Crippen molar-refractivity contribution in [2.45, 2.75) is 65.7 Å². The topological polar surface area (TPSA) is 61.6 Å². The number of hydrogen-bond donors (Lipinski definition) is 0. The van der Waals surface area contributed by atoms with Crippen LogP contribution in [0, 0.1) is 0 Å². The number of carbonyl (C=O) groups is 1. The number of ether oxygens (including phenoxy) is 2. The highest BCUT2D eigenvalue weighted by atomic mass is 16.6. The van der Waals surface area contributed by atoms with Crippen LogP contribution in [0.1, 0.15) is 75.7 Å². The third-order valence-corrected chi connectivity index (χ3v) is 3.13. The van der Waals surface area contributed by atoms with Gasteiger partial charge in [-0.1, -0.05) is 39.0 Å². The summed E-state index contributed by atoms with van der Waals surface area (Å²) in [6, 6.07) is 0. The molecule has 0 saturated heterocycles. The number of nitrogens with zero attached hydrogens (tertiary/aromatic N) is 1. The second kappa shape index (κ2) is 10.2. The lowest BCUT2D eigenvalue weighted by molar-refractivity contribution is 0.0512. The SMILES string of the molecule is CCCCCCCCc1nc(C(=O)OCC)c(OCC)o1. The van der Waals surface area contributed by atoms with Gasteiger partial charge < -0.3 is 13.9 Å². The van der Waals surface area contributed by atoms with Crippen molar-refractivity contribution >= 4 is 5.97 Å². The number of oxazole rings is 1. The molecule has 0 aliphatic heterocycles. The summed E-state index contributed by atoms with van der Waals surface area (Å²) in [6.45, 7) is 6.54. The fourth-order valence-corrected chi connectivity index (χ4v) is 2.07. The van der Waals surface area contributed by atoms with Gasteiger partial charge >= 0.3 is 11.9 Å². The molecule has 0 amide bonds. The summed E-state index contributed by atoms with van der Waals surface area (Å²) >= 11 is 0. The molecule has 0 aliphatic rings. The minimum atomic E-state index is -0.487. The van der Waals surface area contributed by atoms with Crippen LogP contribution < -0.4 is 4.74 Å². The van der Waals surface area contributed by atoms with E-state index in [9.17, 15) is 4.79 Å². The maximum Gasteiger partial charge on any atom is 0.364 e. The number of hydrogen-bond acceptors (Lipinski definition) is 5. The molecule has 0 radical (unpaired) electrons. The number of aryl methyl sites for hydroxylation is 1. The zero-order valence-electron chi connectivity index (χ0n) is 13.4. The van der Waals surface area contributed by atoms with Crippen molar-refractivity contribution in [2.24, 2.45) is 0 Å². The molecule has 5 heteroatoms. The smallest absolute Gasteiger partial charge is 0.364 e. The summed E-state index contributed by atoms with van der Waals surface area (Å²) in [7, 11) is 0. The van der Waals surface area contributed by atoms with Crippen LogP contribution >= 0.6 is 0 Å². The Morgan fingerprint density at radius 1 is 1.05 bits per heavy atom. The lowest BCUT2D eigenvalue weighted by atomic mass is 10.1. The second-order valence-electron chi connectivity index (χ2n) is 4.91. The van der Waals surface area contributed by atoms with Gasteiger partial charge in [0.15, 0.2) is 5.89 Å². The van der Waals surface area contributed by atoms with Crippen LogP contribution in [0.3, 0.4) is 0 Å². The third-order valence-electron chi connectivity index (χ3n) is 3.13. The van der Waals surface area contributed by atoms with Crippen LogP contribution in [0.2, 0.25) is 0 Å². The van der Waals surface area contributed by atoms with Gasteiger partial charge in [0.25, 0.3) is 0 Å². The summed E-state index contributed by atoms with van der Waals surface area (Å²) in [4.78, 5) is 16.0. The molecule has 5 nitrogen and oxygen atoms in total. The van der Waals surface area contributed by atoms with Crippen molar-refractivity contribution < 1.29 is 18.7 Å². The van der Waals surface area contributed by atoms with Crippen molar-refractivity contribution in [3.8, 4) is 5.95 Å². The Bertz CT molecular complexity index is 414. The highest BCUT2D eigenvalue weighted by Crippen LogP contribution is 2.22. The first-order chi connectivity index (χ1) is 10.2. The molecule has 1 rings (SSSR count). The highest BCUT2D eigenvalue weighted by Gasteiger charge is 2.22. The zero-order valence-corrected chi connectivity index (χ0v) is 13.4. The Labute approximate surface area is 127 Å². The van der Waals surface area contributed by atoms with Gasteiger partial charge in [-0.05, 0) is 20.3 Å². The van der Waals surface area contributed by atoms with E-state index < -0.39 is 5.97 Å². The lowest BCUT2D eigenvalue weighted by Crippen LogP contribution is -2.07. The maximum atomic E-state index is 11.8. The summed E-state index contributed by atoms with van der Waals surface area (Å²) in [5.74, 6) is 0.243. The van der Waals surface area contributed by atoms with Gasteiger partial charge in [-0.2, -0.15) is 0 Å². The minimum absolute atomic E-state index is 0.152. The maximum absolute atomic E-state index is 11.8. The van der Waals surface area contributed by atoms with E-state index in [4.69, 9.17) is 13.9 Å². The Kier molecular flexibility index (Phi) is 8.55. The molecule has 0 atom stereocenters. The average Bonchev–Trinajstić information content (AvgIpc) is 2.86. The van der Waals surface area contributed by atoms with E-state index >= 15 is 0 Å². The standard InChI is InChI=1S/C16H27NO4/c1-4-7-8-9-10-11-12-13-17-14(15(18)19-5-2)16(21-13)20-6-3/h4-12H2,1-3H3. The van der Waals surface area contributed by atoms with Crippen molar-refractivity contribution in [2.75, 3.05) is 13.2 Å². The monoisotopic (exact) mass is 297 g/mol. The summed E-state index contributed by atoms with van der Waals surface area (Å²) in [5, 5.41) is 0. The molecule has 1 heterocycles. The van der Waals surface area contributed by atoms with Crippen LogP contribution in [0.4, 0.5) is 0 Å². The highest BCUT2D eigenvalue weighted by molar-refractivity contribution is 5.89. The second-order valence-corrected chi connectivity index (χ2v) is 4.91. The molecule has 0 spiro atoms. The van der Waals surface area contributed by atoms with Crippen LogP contribution in [-0.2, 0) is 11.2 Å². The minimum Gasteiger partial charge on any atom is -0.464 e. The number of esters is 1. The van der Waals surface area contributed by atoms with Gasteiger partial charge in [0.05, 0.1) is 13.2 Å². The summed E-state index contributed by atoms with van der Waals surface area (Å²) in [6.07, 6.45) is 7.95. The van der Waals surface area contributed by atoms with E-state index in [-0.39, 0.29) is 11.6 Å². The number of aromatic nitrogens is 1. The van der Waals surface area contributed by atoms with E-state index in [0.717, 1.165) is 19.3 Å². The first-order valence-electron chi connectivity index (χ1n) is 8.02. The van der Waals surface area contributed by atoms with Crippen LogP contribution in [0.5, 0.6) is 5.95 Å². The molecule has 0 fully saturated rings. The van der Waals surface area contributed by atoms with Crippen LogP contribution in [0.15, 0.2) is 4.42 Å².